The minimum absolute atomic E-state index is 0.214. The molecular formula is C13H10N2O2. The van der Waals surface area contributed by atoms with Gasteiger partial charge in [0.1, 0.15) is 5.69 Å². The van der Waals surface area contributed by atoms with Crippen LogP contribution in [0, 0.1) is 0 Å². The summed E-state index contributed by atoms with van der Waals surface area (Å²) in [5, 5.41) is 2.70. The van der Waals surface area contributed by atoms with Gasteiger partial charge in [0.2, 0.25) is 0 Å². The number of carbonyl (C=O) groups is 2. The first-order chi connectivity index (χ1) is 8.29. The molecule has 17 heavy (non-hydrogen) atoms. The Kier molecular flexibility index (Phi) is 3.25. The van der Waals surface area contributed by atoms with E-state index in [4.69, 9.17) is 0 Å². The van der Waals surface area contributed by atoms with Gasteiger partial charge in [-0.3, -0.25) is 14.6 Å². The summed E-state index contributed by atoms with van der Waals surface area (Å²) < 4.78 is 0. The highest BCUT2D eigenvalue weighted by Crippen LogP contribution is 2.09. The number of aldehydes is 1. The Balaban J connectivity index is 2.16. The number of carbonyl (C=O) groups excluding carboxylic acids is 2. The maximum absolute atomic E-state index is 11.8. The number of rotatable bonds is 3. The predicted molar refractivity (Wildman–Crippen MR) is 64.0 cm³/mol. The van der Waals surface area contributed by atoms with Crippen molar-refractivity contribution in [1.82, 2.24) is 4.98 Å². The first-order valence-corrected chi connectivity index (χ1v) is 5.07. The van der Waals surface area contributed by atoms with E-state index in [0.717, 1.165) is 0 Å². The SMILES string of the molecule is O=Cc1cc(NC(=O)c2ccccc2)ccn1. The van der Waals surface area contributed by atoms with Crippen LogP contribution in [0.2, 0.25) is 0 Å². The van der Waals surface area contributed by atoms with Crippen LogP contribution in [0.1, 0.15) is 20.8 Å². The Morgan fingerprint density at radius 3 is 2.65 bits per heavy atom. The van der Waals surface area contributed by atoms with Crippen molar-refractivity contribution in [3.05, 3.63) is 59.9 Å². The topological polar surface area (TPSA) is 59.1 Å². The van der Waals surface area contributed by atoms with Crippen LogP contribution < -0.4 is 5.32 Å². The number of benzene rings is 1. The standard InChI is InChI=1S/C13H10N2O2/c16-9-12-8-11(6-7-14-12)15-13(17)10-4-2-1-3-5-10/h1-9H,(H,14,15,17). The number of hydrogen-bond acceptors (Lipinski definition) is 3. The highest BCUT2D eigenvalue weighted by Gasteiger charge is 2.05. The summed E-state index contributed by atoms with van der Waals surface area (Å²) in [6.45, 7) is 0. The zero-order chi connectivity index (χ0) is 12.1. The summed E-state index contributed by atoms with van der Waals surface area (Å²) in [5.74, 6) is -0.214. The molecule has 0 fully saturated rings. The van der Waals surface area contributed by atoms with E-state index in [1.54, 1.807) is 30.3 Å². The molecule has 84 valence electrons. The quantitative estimate of drug-likeness (QED) is 0.816. The summed E-state index contributed by atoms with van der Waals surface area (Å²) in [6.07, 6.45) is 2.11. The number of anilines is 1. The molecule has 0 aliphatic rings. The minimum atomic E-state index is -0.214. The second kappa shape index (κ2) is 5.03. The fraction of sp³-hybridized carbons (Fsp3) is 0. The number of aromatic nitrogens is 1. The highest BCUT2D eigenvalue weighted by molar-refractivity contribution is 6.04. The summed E-state index contributed by atoms with van der Waals surface area (Å²) in [4.78, 5) is 26.2. The fourth-order valence-corrected chi connectivity index (χ4v) is 1.38. The third-order valence-electron chi connectivity index (χ3n) is 2.20. The lowest BCUT2D eigenvalue weighted by Crippen LogP contribution is -2.11. The maximum atomic E-state index is 11.8. The molecule has 0 saturated heterocycles. The molecule has 4 heteroatoms. The molecule has 4 nitrogen and oxygen atoms in total. The van der Waals surface area contributed by atoms with Crippen molar-refractivity contribution in [2.24, 2.45) is 0 Å². The van der Waals surface area contributed by atoms with Crippen LogP contribution in [-0.2, 0) is 0 Å². The number of nitrogens with one attached hydrogen (secondary N) is 1. The maximum Gasteiger partial charge on any atom is 0.255 e. The van der Waals surface area contributed by atoms with E-state index in [2.05, 4.69) is 10.3 Å². The van der Waals surface area contributed by atoms with Crippen molar-refractivity contribution < 1.29 is 9.59 Å². The van der Waals surface area contributed by atoms with Crippen LogP contribution >= 0.6 is 0 Å². The second-order valence-electron chi connectivity index (χ2n) is 3.41. The lowest BCUT2D eigenvalue weighted by Gasteiger charge is -2.04. The molecule has 1 heterocycles. The van der Waals surface area contributed by atoms with Gasteiger partial charge < -0.3 is 5.32 Å². The van der Waals surface area contributed by atoms with Gasteiger partial charge in [0.15, 0.2) is 6.29 Å². The van der Waals surface area contributed by atoms with Crippen molar-refractivity contribution in [2.45, 2.75) is 0 Å². The molecule has 0 unspecified atom stereocenters. The van der Waals surface area contributed by atoms with Crippen LogP contribution in [0.3, 0.4) is 0 Å². The summed E-state index contributed by atoms with van der Waals surface area (Å²) >= 11 is 0. The Hall–Kier alpha value is -2.49. The molecule has 2 aromatic rings. The second-order valence-corrected chi connectivity index (χ2v) is 3.41. The van der Waals surface area contributed by atoms with E-state index in [9.17, 15) is 9.59 Å². The first kappa shape index (κ1) is 11.0. The molecule has 1 amide bonds. The largest absolute Gasteiger partial charge is 0.322 e. The molecule has 1 aromatic carbocycles. The summed E-state index contributed by atoms with van der Waals surface area (Å²) in [6, 6.07) is 12.0. The van der Waals surface area contributed by atoms with Gasteiger partial charge in [-0.05, 0) is 24.3 Å². The third kappa shape index (κ3) is 2.75. The zero-order valence-electron chi connectivity index (χ0n) is 8.96. The summed E-state index contributed by atoms with van der Waals surface area (Å²) in [7, 11) is 0. The molecule has 1 aromatic heterocycles. The molecule has 0 bridgehead atoms. The zero-order valence-corrected chi connectivity index (χ0v) is 8.96. The van der Waals surface area contributed by atoms with E-state index in [0.29, 0.717) is 17.5 Å². The van der Waals surface area contributed by atoms with Gasteiger partial charge in [0.05, 0.1) is 0 Å². The number of nitrogens with zero attached hydrogens (tertiary/aromatic N) is 1. The lowest BCUT2D eigenvalue weighted by atomic mass is 10.2. The molecule has 0 aliphatic carbocycles. The van der Waals surface area contributed by atoms with Gasteiger partial charge in [-0.25, -0.2) is 0 Å². The summed E-state index contributed by atoms with van der Waals surface area (Å²) in [5.41, 5.74) is 1.41. The van der Waals surface area contributed by atoms with Crippen molar-refractivity contribution in [2.75, 3.05) is 5.32 Å². The van der Waals surface area contributed by atoms with Crippen LogP contribution in [-0.4, -0.2) is 17.2 Å². The van der Waals surface area contributed by atoms with Crippen molar-refractivity contribution in [3.8, 4) is 0 Å². The number of hydrogen-bond donors (Lipinski definition) is 1. The first-order valence-electron chi connectivity index (χ1n) is 5.07. The molecule has 0 atom stereocenters. The van der Waals surface area contributed by atoms with Crippen molar-refractivity contribution >= 4 is 17.9 Å². The number of pyridine rings is 1. The van der Waals surface area contributed by atoms with Gasteiger partial charge in [0.25, 0.3) is 5.91 Å². The van der Waals surface area contributed by atoms with Gasteiger partial charge in [-0.15, -0.1) is 0 Å². The van der Waals surface area contributed by atoms with Gasteiger partial charge in [-0.2, -0.15) is 0 Å². The van der Waals surface area contributed by atoms with Gasteiger partial charge >= 0.3 is 0 Å². The highest BCUT2D eigenvalue weighted by atomic mass is 16.1. The number of amides is 1. The molecular weight excluding hydrogens is 216 g/mol. The van der Waals surface area contributed by atoms with Gasteiger partial charge in [-0.1, -0.05) is 18.2 Å². The van der Waals surface area contributed by atoms with Crippen LogP contribution in [0.25, 0.3) is 0 Å². The van der Waals surface area contributed by atoms with E-state index >= 15 is 0 Å². The molecule has 0 saturated carbocycles. The molecule has 1 N–H and O–H groups in total. The van der Waals surface area contributed by atoms with Crippen molar-refractivity contribution in [3.63, 3.8) is 0 Å². The molecule has 0 radical (unpaired) electrons. The van der Waals surface area contributed by atoms with E-state index < -0.39 is 0 Å². The van der Waals surface area contributed by atoms with Crippen molar-refractivity contribution in [1.29, 1.82) is 0 Å². The normalized spacial score (nSPS) is 9.65. The Bertz CT molecular complexity index is 538. The minimum Gasteiger partial charge on any atom is -0.322 e. The van der Waals surface area contributed by atoms with Crippen LogP contribution in [0.4, 0.5) is 5.69 Å². The monoisotopic (exact) mass is 226 g/mol. The average Bonchev–Trinajstić information content (AvgIpc) is 2.40. The Labute approximate surface area is 98.3 Å². The molecule has 2 rings (SSSR count). The average molecular weight is 226 g/mol. The predicted octanol–water partition coefficient (Wildman–Crippen LogP) is 2.15. The van der Waals surface area contributed by atoms with E-state index in [-0.39, 0.29) is 11.6 Å². The van der Waals surface area contributed by atoms with Gasteiger partial charge in [0, 0.05) is 17.4 Å². The molecule has 0 spiro atoms. The third-order valence-corrected chi connectivity index (χ3v) is 2.20. The fourth-order valence-electron chi connectivity index (χ4n) is 1.38. The van der Waals surface area contributed by atoms with Crippen LogP contribution in [0.15, 0.2) is 48.7 Å². The lowest BCUT2D eigenvalue weighted by molar-refractivity contribution is 0.102. The molecule has 0 aliphatic heterocycles. The van der Waals surface area contributed by atoms with E-state index in [1.807, 2.05) is 6.07 Å². The Morgan fingerprint density at radius 2 is 1.94 bits per heavy atom. The Morgan fingerprint density at radius 1 is 1.18 bits per heavy atom. The van der Waals surface area contributed by atoms with E-state index in [1.165, 1.54) is 12.3 Å². The smallest absolute Gasteiger partial charge is 0.255 e. The van der Waals surface area contributed by atoms with Crippen LogP contribution in [0.5, 0.6) is 0 Å².